The number of hydrogen-bond acceptors (Lipinski definition) is 6. The predicted octanol–water partition coefficient (Wildman–Crippen LogP) is -4.85. The van der Waals surface area contributed by atoms with Crippen molar-refractivity contribution in [2.75, 3.05) is 0 Å². The molecule has 1 N–H and O–H groups in total. The fraction of sp³-hybridized carbons (Fsp3) is 0. The zero-order chi connectivity index (χ0) is 11.2. The van der Waals surface area contributed by atoms with Crippen molar-refractivity contribution in [3.05, 3.63) is 30.3 Å². The Morgan fingerprint density at radius 3 is 1.56 bits per heavy atom. The topological polar surface area (TPSA) is 130 Å². The van der Waals surface area contributed by atoms with E-state index in [1.54, 1.807) is 30.3 Å². The Labute approximate surface area is 153 Å². The summed E-state index contributed by atoms with van der Waals surface area (Å²) in [5.74, 6) is 0. The summed E-state index contributed by atoms with van der Waals surface area (Å²) in [5.41, 5.74) is 0.414. The molecule has 10 heteroatoms. The van der Waals surface area contributed by atoms with Gasteiger partial charge in [-0.1, -0.05) is 35.8 Å². The van der Waals surface area contributed by atoms with E-state index in [9.17, 15) is 5.02 Å². The summed E-state index contributed by atoms with van der Waals surface area (Å²) in [6.45, 7) is 0. The number of hydrogen-bond donors (Lipinski definition) is 1. The van der Waals surface area contributed by atoms with Crippen molar-refractivity contribution in [1.29, 1.82) is 0 Å². The van der Waals surface area contributed by atoms with E-state index >= 15 is 0 Å². The molecule has 0 fully saturated rings. The average Bonchev–Trinajstić information content (AvgIpc) is 2.03. The summed E-state index contributed by atoms with van der Waals surface area (Å²) in [5, 5.41) is 18.8. The summed E-state index contributed by atoms with van der Waals surface area (Å²) in [7, 11) is -6.98. The Morgan fingerprint density at radius 1 is 1.06 bits per heavy atom. The van der Waals surface area contributed by atoms with Crippen LogP contribution in [0.15, 0.2) is 30.3 Å². The molecule has 0 amide bonds. The average molecular weight is 296 g/mol. The molecule has 0 aliphatic carbocycles. The Hall–Kier alpha value is 1.83. The SMILES string of the molecule is O=P([O-])([O-])[O-].[Ca+2].[Ca+2].[O-]B(O)c1ccccc1. The van der Waals surface area contributed by atoms with E-state index in [1.165, 1.54) is 0 Å². The Morgan fingerprint density at radius 2 is 1.38 bits per heavy atom. The molecule has 0 bridgehead atoms. The maximum Gasteiger partial charge on any atom is 2.00 e. The van der Waals surface area contributed by atoms with Gasteiger partial charge < -0.3 is 29.3 Å². The number of rotatable bonds is 1. The Bertz CT molecular complexity index is 297. The van der Waals surface area contributed by atoms with Crippen molar-refractivity contribution < 1.29 is 29.3 Å². The number of benzene rings is 1. The largest absolute Gasteiger partial charge is 2.00 e. The predicted molar refractivity (Wildman–Crippen MR) is 53.2 cm³/mol. The molecule has 1 aromatic rings. The van der Waals surface area contributed by atoms with Gasteiger partial charge in [-0.2, -0.15) is 7.82 Å². The monoisotopic (exact) mass is 296 g/mol. The molecule has 0 spiro atoms. The molecule has 0 saturated heterocycles. The van der Waals surface area contributed by atoms with Crippen LogP contribution in [0.3, 0.4) is 0 Å². The van der Waals surface area contributed by atoms with E-state index in [1.807, 2.05) is 0 Å². The molecule has 1 rings (SSSR count). The first-order valence-electron chi connectivity index (χ1n) is 3.42. The normalized spacial score (nSPS) is 8.81. The Balaban J connectivity index is -0.000000214. The molecule has 0 aliphatic heterocycles. The van der Waals surface area contributed by atoms with Crippen molar-refractivity contribution in [2.45, 2.75) is 0 Å². The third kappa shape index (κ3) is 18.2. The minimum absolute atomic E-state index is 0. The molecule has 0 aliphatic rings. The van der Waals surface area contributed by atoms with Crippen LogP contribution in [-0.2, 0) is 4.57 Å². The van der Waals surface area contributed by atoms with Crippen LogP contribution in [0, 0.1) is 0 Å². The summed E-state index contributed by atoms with van der Waals surface area (Å²) >= 11 is 0. The van der Waals surface area contributed by atoms with Crippen molar-refractivity contribution in [3.63, 3.8) is 0 Å². The zero-order valence-electron chi connectivity index (χ0n) is 8.31. The third-order valence-corrected chi connectivity index (χ3v) is 1.08. The van der Waals surface area contributed by atoms with Crippen LogP contribution in [0.25, 0.3) is 0 Å². The van der Waals surface area contributed by atoms with Crippen LogP contribution in [0.1, 0.15) is 0 Å². The fourth-order valence-corrected chi connectivity index (χ4v) is 0.618. The molecule has 0 saturated carbocycles. The van der Waals surface area contributed by atoms with Crippen LogP contribution in [0.4, 0.5) is 0 Å². The third-order valence-electron chi connectivity index (χ3n) is 1.08. The van der Waals surface area contributed by atoms with Gasteiger partial charge >= 0.3 is 75.5 Å². The molecule has 16 heavy (non-hydrogen) atoms. The van der Waals surface area contributed by atoms with Crippen LogP contribution < -0.4 is 25.2 Å². The minimum Gasteiger partial charge on any atom is -0.853 e. The first kappa shape index (κ1) is 23.0. The van der Waals surface area contributed by atoms with E-state index in [4.69, 9.17) is 24.3 Å². The van der Waals surface area contributed by atoms with Crippen molar-refractivity contribution in [3.8, 4) is 0 Å². The van der Waals surface area contributed by atoms with Gasteiger partial charge in [-0.15, -0.1) is 0 Å². The van der Waals surface area contributed by atoms with Gasteiger partial charge in [-0.05, 0) is 0 Å². The van der Waals surface area contributed by atoms with Gasteiger partial charge in [0.15, 0.2) is 0 Å². The van der Waals surface area contributed by atoms with E-state index < -0.39 is 14.9 Å². The van der Waals surface area contributed by atoms with Crippen LogP contribution in [-0.4, -0.2) is 87.6 Å². The van der Waals surface area contributed by atoms with Crippen LogP contribution in [0.2, 0.25) is 0 Å². The molecule has 1 aromatic carbocycles. The quantitative estimate of drug-likeness (QED) is 0.408. The maximum absolute atomic E-state index is 10.3. The second-order valence-electron chi connectivity index (χ2n) is 2.21. The van der Waals surface area contributed by atoms with E-state index in [2.05, 4.69) is 0 Å². The van der Waals surface area contributed by atoms with Crippen molar-refractivity contribution >= 4 is 95.9 Å². The molecule has 78 valence electrons. The molecule has 6 nitrogen and oxygen atoms in total. The number of phosphoric acid groups is 1. The minimum atomic E-state index is -5.39. The van der Waals surface area contributed by atoms with Gasteiger partial charge in [0.2, 0.25) is 7.12 Å². The summed E-state index contributed by atoms with van der Waals surface area (Å²) in [4.78, 5) is 25.6. The molecule has 0 heterocycles. The smallest absolute Gasteiger partial charge is 0.853 e. The van der Waals surface area contributed by atoms with Crippen LogP contribution >= 0.6 is 7.82 Å². The summed E-state index contributed by atoms with van der Waals surface area (Å²) < 4.78 is 8.55. The van der Waals surface area contributed by atoms with E-state index in [-0.39, 0.29) is 75.5 Å². The van der Waals surface area contributed by atoms with Gasteiger partial charge in [0.25, 0.3) is 0 Å². The fourth-order valence-electron chi connectivity index (χ4n) is 0.618. The van der Waals surface area contributed by atoms with Crippen molar-refractivity contribution in [1.82, 2.24) is 0 Å². The Kier molecular flexibility index (Phi) is 17.1. The van der Waals surface area contributed by atoms with Crippen molar-refractivity contribution in [2.24, 2.45) is 0 Å². The first-order chi connectivity index (χ1) is 6.30. The molecule has 0 aromatic heterocycles. The van der Waals surface area contributed by atoms with Gasteiger partial charge in [0.05, 0.1) is 0 Å². The second kappa shape index (κ2) is 11.9. The first-order valence-corrected chi connectivity index (χ1v) is 4.88. The van der Waals surface area contributed by atoms with E-state index in [0.717, 1.165) is 0 Å². The van der Waals surface area contributed by atoms with Crippen LogP contribution in [0.5, 0.6) is 0 Å². The van der Waals surface area contributed by atoms with Gasteiger partial charge in [0, 0.05) is 0 Å². The van der Waals surface area contributed by atoms with E-state index in [0.29, 0.717) is 5.46 Å². The van der Waals surface area contributed by atoms with Gasteiger partial charge in [0.1, 0.15) is 0 Å². The second-order valence-corrected chi connectivity index (χ2v) is 3.10. The molecular formula is C6H6BCa2O6P. The summed E-state index contributed by atoms with van der Waals surface area (Å²) in [6.07, 6.45) is 0. The molecular weight excluding hydrogens is 290 g/mol. The van der Waals surface area contributed by atoms with Gasteiger partial charge in [-0.3, -0.25) is 0 Å². The maximum atomic E-state index is 10.3. The molecule has 0 radical (unpaired) electrons. The zero-order valence-corrected chi connectivity index (χ0v) is 13.6. The van der Waals surface area contributed by atoms with Gasteiger partial charge in [-0.25, -0.2) is 0 Å². The standard InChI is InChI=1S/C6H6BO2.2Ca.H3O4P/c8-7(9)6-4-2-1-3-5-6;;;1-5(2,3)4/h1-5,8H;;;(H3,1,2,3,4)/q-1;2*+2;/p-3. The summed E-state index contributed by atoms with van der Waals surface area (Å²) in [6, 6.07) is 8.42. The molecule has 0 atom stereocenters. The molecule has 0 unspecified atom stereocenters.